The monoisotopic (exact) mass is 234 g/mol. The lowest BCUT2D eigenvalue weighted by molar-refractivity contribution is 0.566. The van der Waals surface area contributed by atoms with Gasteiger partial charge in [0.15, 0.2) is 0 Å². The number of aryl methyl sites for hydroxylation is 1. The van der Waals surface area contributed by atoms with Crippen LogP contribution in [-0.4, -0.2) is 0 Å². The van der Waals surface area contributed by atoms with E-state index in [4.69, 9.17) is 0 Å². The maximum atomic E-state index is 13.3. The van der Waals surface area contributed by atoms with Gasteiger partial charge in [0.2, 0.25) is 0 Å². The first-order valence-corrected chi connectivity index (χ1v) is 6.76. The Morgan fingerprint density at radius 1 is 1.24 bits per heavy atom. The van der Waals surface area contributed by atoms with Crippen molar-refractivity contribution < 1.29 is 4.39 Å². The second-order valence-electron chi connectivity index (χ2n) is 6.39. The summed E-state index contributed by atoms with van der Waals surface area (Å²) in [5.74, 6) is 0.876. The molecule has 0 N–H and O–H groups in total. The maximum absolute atomic E-state index is 13.3. The highest BCUT2D eigenvalue weighted by Gasteiger charge is 2.22. The third-order valence-corrected chi connectivity index (χ3v) is 3.63. The van der Waals surface area contributed by atoms with Crippen LogP contribution in [0.15, 0.2) is 18.2 Å². The summed E-state index contributed by atoms with van der Waals surface area (Å²) >= 11 is 0. The SMILES string of the molecule is CC(C)(C)c1ccc(F)cc1CCCC1CC1. The first kappa shape index (κ1) is 12.6. The van der Waals surface area contributed by atoms with E-state index in [1.54, 1.807) is 12.1 Å². The molecule has 0 radical (unpaired) electrons. The van der Waals surface area contributed by atoms with Gasteiger partial charge in [0.1, 0.15) is 5.82 Å². The Balaban J connectivity index is 2.08. The van der Waals surface area contributed by atoms with Gasteiger partial charge in [0.05, 0.1) is 0 Å². The average Bonchev–Trinajstić information content (AvgIpc) is 2.99. The van der Waals surface area contributed by atoms with Crippen LogP contribution in [0, 0.1) is 11.7 Å². The van der Waals surface area contributed by atoms with Gasteiger partial charge < -0.3 is 0 Å². The van der Waals surface area contributed by atoms with Gasteiger partial charge in [-0.25, -0.2) is 4.39 Å². The van der Waals surface area contributed by atoms with Crippen molar-refractivity contribution in [1.29, 1.82) is 0 Å². The van der Waals surface area contributed by atoms with Crippen LogP contribution in [0.5, 0.6) is 0 Å². The van der Waals surface area contributed by atoms with E-state index >= 15 is 0 Å². The largest absolute Gasteiger partial charge is 0.207 e. The maximum Gasteiger partial charge on any atom is 0.123 e. The van der Waals surface area contributed by atoms with Gasteiger partial charge in [-0.3, -0.25) is 0 Å². The molecule has 1 aromatic carbocycles. The minimum atomic E-state index is -0.0978. The predicted molar refractivity (Wildman–Crippen MR) is 70.8 cm³/mol. The molecule has 0 aliphatic heterocycles. The van der Waals surface area contributed by atoms with E-state index < -0.39 is 0 Å². The standard InChI is InChI=1S/C16H23F/c1-16(2,3)15-10-9-14(17)11-13(15)6-4-5-12-7-8-12/h9-12H,4-8H2,1-3H3. The fraction of sp³-hybridized carbons (Fsp3) is 0.625. The zero-order valence-corrected chi connectivity index (χ0v) is 11.2. The van der Waals surface area contributed by atoms with Crippen LogP contribution in [-0.2, 0) is 11.8 Å². The molecule has 1 heteroatoms. The summed E-state index contributed by atoms with van der Waals surface area (Å²) in [6.45, 7) is 6.60. The van der Waals surface area contributed by atoms with E-state index in [1.807, 2.05) is 6.07 Å². The number of hydrogen-bond acceptors (Lipinski definition) is 0. The highest BCUT2D eigenvalue weighted by molar-refractivity contribution is 5.33. The van der Waals surface area contributed by atoms with Crippen LogP contribution in [0.2, 0.25) is 0 Å². The Labute approximate surface area is 104 Å². The zero-order chi connectivity index (χ0) is 12.5. The fourth-order valence-electron chi connectivity index (χ4n) is 2.49. The van der Waals surface area contributed by atoms with Crippen LogP contribution < -0.4 is 0 Å². The molecule has 1 aromatic rings. The molecule has 1 fully saturated rings. The molecule has 17 heavy (non-hydrogen) atoms. The van der Waals surface area contributed by atoms with Gasteiger partial charge in [0, 0.05) is 0 Å². The van der Waals surface area contributed by atoms with Crippen LogP contribution >= 0.6 is 0 Å². The van der Waals surface area contributed by atoms with Crippen molar-refractivity contribution in [3.63, 3.8) is 0 Å². The zero-order valence-electron chi connectivity index (χ0n) is 11.2. The lowest BCUT2D eigenvalue weighted by Gasteiger charge is -2.23. The molecule has 1 aliphatic rings. The van der Waals surface area contributed by atoms with Crippen LogP contribution in [0.1, 0.15) is 57.6 Å². The molecule has 1 aliphatic carbocycles. The third kappa shape index (κ3) is 3.55. The Bertz CT molecular complexity index is 383. The molecular formula is C16H23F. The third-order valence-electron chi connectivity index (χ3n) is 3.63. The second-order valence-corrected chi connectivity index (χ2v) is 6.39. The molecule has 0 amide bonds. The van der Waals surface area contributed by atoms with Crippen molar-refractivity contribution in [2.24, 2.45) is 5.92 Å². The Morgan fingerprint density at radius 3 is 2.53 bits per heavy atom. The smallest absolute Gasteiger partial charge is 0.123 e. The summed E-state index contributed by atoms with van der Waals surface area (Å²) < 4.78 is 13.3. The number of rotatable bonds is 4. The summed E-state index contributed by atoms with van der Waals surface area (Å²) in [7, 11) is 0. The van der Waals surface area contributed by atoms with Gasteiger partial charge in [-0.05, 0) is 47.4 Å². The first-order chi connectivity index (χ1) is 7.97. The normalized spacial score (nSPS) is 16.2. The molecule has 1 saturated carbocycles. The quantitative estimate of drug-likeness (QED) is 0.698. The van der Waals surface area contributed by atoms with E-state index in [-0.39, 0.29) is 11.2 Å². The lowest BCUT2D eigenvalue weighted by atomic mass is 9.82. The molecule has 94 valence electrons. The molecule has 0 unspecified atom stereocenters. The number of halogens is 1. The summed E-state index contributed by atoms with van der Waals surface area (Å²) in [5, 5.41) is 0. The minimum absolute atomic E-state index is 0.0978. The Hall–Kier alpha value is -0.850. The lowest BCUT2D eigenvalue weighted by Crippen LogP contribution is -2.14. The van der Waals surface area contributed by atoms with E-state index in [1.165, 1.54) is 36.8 Å². The van der Waals surface area contributed by atoms with Gasteiger partial charge >= 0.3 is 0 Å². The molecule has 0 saturated heterocycles. The molecule has 0 aromatic heterocycles. The average molecular weight is 234 g/mol. The van der Waals surface area contributed by atoms with Gasteiger partial charge in [0.25, 0.3) is 0 Å². The van der Waals surface area contributed by atoms with Crippen LogP contribution in [0.3, 0.4) is 0 Å². The van der Waals surface area contributed by atoms with Crippen molar-refractivity contribution in [1.82, 2.24) is 0 Å². The molecular weight excluding hydrogens is 211 g/mol. The van der Waals surface area contributed by atoms with E-state index in [0.717, 1.165) is 12.3 Å². The van der Waals surface area contributed by atoms with E-state index in [9.17, 15) is 4.39 Å². The summed E-state index contributed by atoms with van der Waals surface area (Å²) in [5.41, 5.74) is 2.62. The van der Waals surface area contributed by atoms with Gasteiger partial charge in [-0.1, -0.05) is 46.1 Å². The Morgan fingerprint density at radius 2 is 1.94 bits per heavy atom. The molecule has 0 spiro atoms. The molecule has 0 nitrogen and oxygen atoms in total. The molecule has 2 rings (SSSR count). The van der Waals surface area contributed by atoms with Crippen molar-refractivity contribution in [3.05, 3.63) is 35.1 Å². The van der Waals surface area contributed by atoms with Gasteiger partial charge in [-0.15, -0.1) is 0 Å². The number of hydrogen-bond donors (Lipinski definition) is 0. The summed E-state index contributed by atoms with van der Waals surface area (Å²) in [6, 6.07) is 5.28. The number of benzene rings is 1. The summed E-state index contributed by atoms with van der Waals surface area (Å²) in [4.78, 5) is 0. The van der Waals surface area contributed by atoms with Crippen molar-refractivity contribution in [2.75, 3.05) is 0 Å². The van der Waals surface area contributed by atoms with Crippen molar-refractivity contribution >= 4 is 0 Å². The minimum Gasteiger partial charge on any atom is -0.207 e. The highest BCUT2D eigenvalue weighted by atomic mass is 19.1. The van der Waals surface area contributed by atoms with Gasteiger partial charge in [-0.2, -0.15) is 0 Å². The van der Waals surface area contributed by atoms with Crippen molar-refractivity contribution in [2.45, 2.75) is 58.3 Å². The molecule has 0 bridgehead atoms. The molecule has 0 heterocycles. The van der Waals surface area contributed by atoms with Crippen molar-refractivity contribution in [3.8, 4) is 0 Å². The second kappa shape index (κ2) is 4.80. The summed E-state index contributed by atoms with van der Waals surface area (Å²) in [6.07, 6.45) is 6.38. The fourth-order valence-corrected chi connectivity index (χ4v) is 2.49. The first-order valence-electron chi connectivity index (χ1n) is 6.76. The molecule has 0 atom stereocenters. The van der Waals surface area contributed by atoms with E-state index in [0.29, 0.717) is 0 Å². The van der Waals surface area contributed by atoms with E-state index in [2.05, 4.69) is 20.8 Å². The van der Waals surface area contributed by atoms with Crippen LogP contribution in [0.4, 0.5) is 4.39 Å². The predicted octanol–water partition coefficient (Wildman–Crippen LogP) is 4.86. The topological polar surface area (TPSA) is 0 Å². The Kier molecular flexibility index (Phi) is 3.56. The highest BCUT2D eigenvalue weighted by Crippen LogP contribution is 2.34. The van der Waals surface area contributed by atoms with Crippen LogP contribution in [0.25, 0.3) is 0 Å².